The summed E-state index contributed by atoms with van der Waals surface area (Å²) in [7, 11) is 0. The Bertz CT molecular complexity index is 635. The van der Waals surface area contributed by atoms with Crippen LogP contribution in [0.2, 0.25) is 0 Å². The fraction of sp³-hybridized carbons (Fsp3) is 0. The van der Waals surface area contributed by atoms with Gasteiger partial charge in [0.15, 0.2) is 4.34 Å². The number of fused-ring (bicyclic) bond motifs is 1. The van der Waals surface area contributed by atoms with Gasteiger partial charge < -0.3 is 0 Å². The van der Waals surface area contributed by atoms with Crippen molar-refractivity contribution in [3.8, 4) is 0 Å². The van der Waals surface area contributed by atoms with Crippen LogP contribution >= 0.6 is 39.0 Å². The van der Waals surface area contributed by atoms with E-state index in [-0.39, 0.29) is 0 Å². The van der Waals surface area contributed by atoms with E-state index >= 15 is 0 Å². The third-order valence-corrected chi connectivity index (χ3v) is 5.05. The summed E-state index contributed by atoms with van der Waals surface area (Å²) in [5, 5.41) is 0.888. The van der Waals surface area contributed by atoms with Crippen LogP contribution < -0.4 is 0 Å². The van der Waals surface area contributed by atoms with E-state index in [0.717, 1.165) is 19.4 Å². The summed E-state index contributed by atoms with van der Waals surface area (Å²) in [5.74, 6) is 0. The second kappa shape index (κ2) is 4.72. The molecule has 1 aromatic carbocycles. The maximum atomic E-state index is 4.55. The van der Waals surface area contributed by atoms with Crippen molar-refractivity contribution in [2.45, 2.75) is 9.37 Å². The van der Waals surface area contributed by atoms with E-state index in [1.165, 1.54) is 4.70 Å². The summed E-state index contributed by atoms with van der Waals surface area (Å²) in [6.07, 6.45) is 3.28. The molecule has 0 atom stereocenters. The fourth-order valence-corrected chi connectivity index (χ4v) is 3.75. The number of rotatable bonds is 2. The van der Waals surface area contributed by atoms with Crippen LogP contribution in [-0.2, 0) is 0 Å². The van der Waals surface area contributed by atoms with Crippen LogP contribution in [0.3, 0.4) is 0 Å². The molecule has 0 bridgehead atoms. The first-order chi connectivity index (χ1) is 8.33. The highest BCUT2D eigenvalue weighted by atomic mass is 79.9. The monoisotopic (exact) mass is 323 g/mol. The van der Waals surface area contributed by atoms with Crippen molar-refractivity contribution in [3.63, 3.8) is 0 Å². The maximum Gasteiger partial charge on any atom is 0.157 e. The molecule has 0 saturated carbocycles. The van der Waals surface area contributed by atoms with Crippen molar-refractivity contribution in [1.82, 2.24) is 15.0 Å². The Labute approximate surface area is 114 Å². The van der Waals surface area contributed by atoms with E-state index in [0.29, 0.717) is 0 Å². The summed E-state index contributed by atoms with van der Waals surface area (Å²) in [6, 6.07) is 8.11. The van der Waals surface area contributed by atoms with Crippen molar-refractivity contribution >= 4 is 49.2 Å². The molecular weight excluding hydrogens is 318 g/mol. The smallest absolute Gasteiger partial charge is 0.157 e. The Balaban J connectivity index is 1.98. The molecule has 3 aromatic rings. The quantitative estimate of drug-likeness (QED) is 0.668. The van der Waals surface area contributed by atoms with E-state index in [1.807, 2.05) is 18.2 Å². The van der Waals surface area contributed by atoms with Gasteiger partial charge in [-0.15, -0.1) is 11.3 Å². The summed E-state index contributed by atoms with van der Waals surface area (Å²) in [6.45, 7) is 0. The van der Waals surface area contributed by atoms with E-state index in [2.05, 4.69) is 36.9 Å². The van der Waals surface area contributed by atoms with Gasteiger partial charge in [-0.25, -0.2) is 15.0 Å². The van der Waals surface area contributed by atoms with Gasteiger partial charge in [-0.3, -0.25) is 0 Å². The second-order valence-electron chi connectivity index (χ2n) is 3.23. The Kier molecular flexibility index (Phi) is 3.09. The maximum absolute atomic E-state index is 4.55. The van der Waals surface area contributed by atoms with Crippen molar-refractivity contribution in [2.75, 3.05) is 0 Å². The number of hydrogen-bond donors (Lipinski definition) is 0. The lowest BCUT2D eigenvalue weighted by Crippen LogP contribution is -1.82. The molecule has 0 N–H and O–H groups in total. The number of thiazole rings is 1. The van der Waals surface area contributed by atoms with E-state index in [9.17, 15) is 0 Å². The molecule has 0 aliphatic rings. The van der Waals surface area contributed by atoms with Gasteiger partial charge in [0.2, 0.25) is 0 Å². The number of halogens is 1. The third-order valence-electron chi connectivity index (χ3n) is 2.09. The molecule has 84 valence electrons. The zero-order chi connectivity index (χ0) is 11.7. The van der Waals surface area contributed by atoms with E-state index in [1.54, 1.807) is 35.6 Å². The van der Waals surface area contributed by atoms with Crippen LogP contribution in [0, 0.1) is 0 Å². The van der Waals surface area contributed by atoms with Crippen molar-refractivity contribution < 1.29 is 0 Å². The molecule has 17 heavy (non-hydrogen) atoms. The van der Waals surface area contributed by atoms with E-state index in [4.69, 9.17) is 0 Å². The van der Waals surface area contributed by atoms with Crippen LogP contribution in [0.5, 0.6) is 0 Å². The van der Waals surface area contributed by atoms with Crippen LogP contribution in [0.25, 0.3) is 10.2 Å². The lowest BCUT2D eigenvalue weighted by molar-refractivity contribution is 1.02. The molecule has 2 heterocycles. The Morgan fingerprint density at radius 1 is 1.24 bits per heavy atom. The van der Waals surface area contributed by atoms with Crippen molar-refractivity contribution in [1.29, 1.82) is 0 Å². The highest BCUT2D eigenvalue weighted by Gasteiger charge is 2.08. The number of aromatic nitrogens is 3. The average Bonchev–Trinajstić information content (AvgIpc) is 2.74. The van der Waals surface area contributed by atoms with E-state index < -0.39 is 0 Å². The Morgan fingerprint density at radius 3 is 2.94 bits per heavy atom. The lowest BCUT2D eigenvalue weighted by Gasteiger charge is -1.97. The minimum Gasteiger partial charge on any atom is -0.244 e. The molecule has 0 unspecified atom stereocenters. The average molecular weight is 324 g/mol. The fourth-order valence-electron chi connectivity index (χ4n) is 1.35. The standard InChI is InChI=1S/C11H6BrN3S2/c12-7-5-13-6-14-10(7)17-11-15-8-3-1-2-4-9(8)16-11/h1-6H. The number of nitrogens with zero attached hydrogens (tertiary/aromatic N) is 3. The molecule has 0 spiro atoms. The van der Waals surface area contributed by atoms with Crippen LogP contribution in [0.4, 0.5) is 0 Å². The zero-order valence-corrected chi connectivity index (χ0v) is 11.7. The number of benzene rings is 1. The molecule has 0 radical (unpaired) electrons. The molecule has 0 saturated heterocycles. The first-order valence-electron chi connectivity index (χ1n) is 4.82. The zero-order valence-electron chi connectivity index (χ0n) is 8.50. The summed E-state index contributed by atoms with van der Waals surface area (Å²) in [4.78, 5) is 12.7. The lowest BCUT2D eigenvalue weighted by atomic mass is 10.3. The topological polar surface area (TPSA) is 38.7 Å². The molecule has 0 aliphatic heterocycles. The Hall–Kier alpha value is -0.980. The highest BCUT2D eigenvalue weighted by molar-refractivity contribution is 9.10. The van der Waals surface area contributed by atoms with Crippen LogP contribution in [0.15, 0.2) is 50.6 Å². The molecule has 3 rings (SSSR count). The molecule has 0 fully saturated rings. The van der Waals surface area contributed by atoms with Gasteiger partial charge in [0, 0.05) is 6.20 Å². The van der Waals surface area contributed by atoms with Crippen molar-refractivity contribution in [2.24, 2.45) is 0 Å². The van der Waals surface area contributed by atoms with Crippen LogP contribution in [0.1, 0.15) is 0 Å². The summed E-state index contributed by atoms with van der Waals surface area (Å²) < 4.78 is 3.08. The third kappa shape index (κ3) is 2.34. The normalized spacial score (nSPS) is 10.9. The van der Waals surface area contributed by atoms with Gasteiger partial charge >= 0.3 is 0 Å². The molecule has 0 amide bonds. The van der Waals surface area contributed by atoms with Gasteiger partial charge in [-0.05, 0) is 39.8 Å². The minimum absolute atomic E-state index is 0.888. The molecular formula is C11H6BrN3S2. The van der Waals surface area contributed by atoms with Gasteiger partial charge in [0.25, 0.3) is 0 Å². The molecule has 6 heteroatoms. The molecule has 3 nitrogen and oxygen atoms in total. The second-order valence-corrected chi connectivity index (χ2v) is 6.35. The number of para-hydroxylation sites is 1. The first-order valence-corrected chi connectivity index (χ1v) is 7.24. The van der Waals surface area contributed by atoms with Gasteiger partial charge in [0.05, 0.1) is 14.7 Å². The Morgan fingerprint density at radius 2 is 2.12 bits per heavy atom. The SMILES string of the molecule is Brc1cncnc1Sc1nc2ccccc2s1. The van der Waals surface area contributed by atoms with Gasteiger partial charge in [0.1, 0.15) is 11.4 Å². The summed E-state index contributed by atoms with van der Waals surface area (Å²) in [5.41, 5.74) is 1.03. The largest absolute Gasteiger partial charge is 0.244 e. The van der Waals surface area contributed by atoms with Gasteiger partial charge in [-0.2, -0.15) is 0 Å². The minimum atomic E-state index is 0.888. The van der Waals surface area contributed by atoms with Crippen molar-refractivity contribution in [3.05, 3.63) is 41.3 Å². The predicted molar refractivity (Wildman–Crippen MR) is 73.5 cm³/mol. The van der Waals surface area contributed by atoms with Gasteiger partial charge in [-0.1, -0.05) is 12.1 Å². The number of hydrogen-bond acceptors (Lipinski definition) is 5. The first kappa shape index (κ1) is 11.1. The molecule has 0 aliphatic carbocycles. The molecule has 2 aromatic heterocycles. The van der Waals surface area contributed by atoms with Crippen LogP contribution in [-0.4, -0.2) is 15.0 Å². The predicted octanol–water partition coefficient (Wildman–Crippen LogP) is 4.00. The summed E-state index contributed by atoms with van der Waals surface area (Å²) >= 11 is 6.65. The highest BCUT2D eigenvalue weighted by Crippen LogP contribution is 2.35.